The Bertz CT molecular complexity index is 902. The molecule has 0 bridgehead atoms. The molecule has 1 heterocycles. The van der Waals surface area contributed by atoms with Crippen molar-refractivity contribution in [2.45, 2.75) is 15.0 Å². The number of nitrogens with zero attached hydrogens (tertiary/aromatic N) is 1. The molecule has 0 aliphatic carbocycles. The Labute approximate surface area is 167 Å². The van der Waals surface area contributed by atoms with Crippen LogP contribution in [0.2, 0.25) is 0 Å². The second kappa shape index (κ2) is 8.38. The normalized spacial score (nSPS) is 19.2. The summed E-state index contributed by atoms with van der Waals surface area (Å²) >= 11 is 0. The van der Waals surface area contributed by atoms with E-state index in [2.05, 4.69) is 0 Å². The van der Waals surface area contributed by atoms with Crippen LogP contribution in [0.25, 0.3) is 0 Å². The molecule has 150 valence electrons. The molecule has 9 heteroatoms. The first-order chi connectivity index (χ1) is 12.2. The summed E-state index contributed by atoms with van der Waals surface area (Å²) in [7, 11) is -3.01. The fourth-order valence-electron chi connectivity index (χ4n) is 2.94. The fourth-order valence-corrected chi connectivity index (χ4v) is 7.39. The van der Waals surface area contributed by atoms with E-state index >= 15 is 0 Å². The van der Waals surface area contributed by atoms with Crippen molar-refractivity contribution in [3.8, 4) is 5.75 Å². The van der Waals surface area contributed by atoms with Gasteiger partial charge >= 0.3 is 0 Å². The number of halogens is 1. The highest BCUT2D eigenvalue weighted by molar-refractivity contribution is 8.25. The predicted octanol–water partition coefficient (Wildman–Crippen LogP) is 3.69. The first-order valence-electron chi connectivity index (χ1n) is 8.18. The van der Waals surface area contributed by atoms with Gasteiger partial charge in [0.2, 0.25) is 0 Å². The van der Waals surface area contributed by atoms with Crippen LogP contribution in [0.1, 0.15) is 10.8 Å². The molecule has 0 aromatic heterocycles. The van der Waals surface area contributed by atoms with Gasteiger partial charge in [-0.3, -0.25) is 9.11 Å². The number of hydrogen-bond donors (Lipinski definition) is 2. The summed E-state index contributed by atoms with van der Waals surface area (Å²) in [6, 6.07) is 13.0. The van der Waals surface area contributed by atoms with Crippen LogP contribution in [-0.2, 0) is 9.84 Å². The van der Waals surface area contributed by atoms with Crippen molar-refractivity contribution >= 4 is 32.8 Å². The van der Waals surface area contributed by atoms with E-state index in [1.54, 1.807) is 36.4 Å². The van der Waals surface area contributed by atoms with Crippen molar-refractivity contribution in [2.75, 3.05) is 33.0 Å². The van der Waals surface area contributed by atoms with Gasteiger partial charge in [0.1, 0.15) is 17.6 Å². The van der Waals surface area contributed by atoms with Gasteiger partial charge in [-0.2, -0.15) is 10.6 Å². The Kier molecular flexibility index (Phi) is 6.83. The lowest BCUT2D eigenvalue weighted by molar-refractivity contribution is 0.261. The van der Waals surface area contributed by atoms with Gasteiger partial charge in [-0.15, -0.1) is 12.4 Å². The third-order valence-electron chi connectivity index (χ3n) is 4.32. The topological polar surface area (TPSA) is 87.1 Å². The minimum Gasteiger partial charge on any atom is -0.492 e. The lowest BCUT2D eigenvalue weighted by Crippen LogP contribution is -2.19. The molecule has 3 rings (SSSR count). The average Bonchev–Trinajstić information content (AvgIpc) is 2.87. The standard InChI is InChI=1S/C18H23NO5S2.ClH/c1-19(2)10-11-24-14-6-5-7-15(12-14)26(22,23)18-13-25(20,21)17-9-4-3-8-16(17)18;/h3-9,12,18,20-21H,10-11,13H2,1-2H3;1H. The van der Waals surface area contributed by atoms with Crippen molar-refractivity contribution in [3.63, 3.8) is 0 Å². The summed E-state index contributed by atoms with van der Waals surface area (Å²) in [5.74, 6) is 0.270. The van der Waals surface area contributed by atoms with E-state index < -0.39 is 25.7 Å². The van der Waals surface area contributed by atoms with Crippen LogP contribution in [0.4, 0.5) is 0 Å². The highest BCUT2D eigenvalue weighted by atomic mass is 35.5. The SMILES string of the molecule is CN(C)CCOc1cccc(S(=O)(=O)C2CS(O)(O)c3ccccc32)c1.Cl. The molecular formula is C18H24ClNO5S2. The number of sulfone groups is 1. The largest absolute Gasteiger partial charge is 0.492 e. The van der Waals surface area contributed by atoms with E-state index in [4.69, 9.17) is 4.74 Å². The third kappa shape index (κ3) is 4.59. The zero-order chi connectivity index (χ0) is 18.9. The van der Waals surface area contributed by atoms with Gasteiger partial charge in [0, 0.05) is 6.54 Å². The van der Waals surface area contributed by atoms with Crippen molar-refractivity contribution in [1.82, 2.24) is 4.90 Å². The van der Waals surface area contributed by atoms with Crippen LogP contribution in [0, 0.1) is 0 Å². The first-order valence-corrected chi connectivity index (χ1v) is 11.4. The number of ether oxygens (including phenoxy) is 1. The molecule has 0 spiro atoms. The Morgan fingerprint density at radius 3 is 2.56 bits per heavy atom. The van der Waals surface area contributed by atoms with Crippen LogP contribution >= 0.6 is 23.0 Å². The number of fused-ring (bicyclic) bond motifs is 1. The molecule has 1 aliphatic rings. The van der Waals surface area contributed by atoms with Crippen molar-refractivity contribution in [1.29, 1.82) is 0 Å². The predicted molar refractivity (Wildman–Crippen MR) is 110 cm³/mol. The molecule has 1 unspecified atom stereocenters. The Morgan fingerprint density at radius 1 is 1.15 bits per heavy atom. The maximum absolute atomic E-state index is 13.1. The number of benzene rings is 2. The number of hydrogen-bond acceptors (Lipinski definition) is 6. The minimum atomic E-state index is -3.78. The summed E-state index contributed by atoms with van der Waals surface area (Å²) in [5, 5.41) is -0.972. The quantitative estimate of drug-likeness (QED) is 0.722. The maximum Gasteiger partial charge on any atom is 0.187 e. The van der Waals surface area contributed by atoms with Gasteiger partial charge in [-0.25, -0.2) is 8.42 Å². The van der Waals surface area contributed by atoms with E-state index in [0.717, 1.165) is 0 Å². The lowest BCUT2D eigenvalue weighted by Gasteiger charge is -2.27. The molecule has 0 amide bonds. The van der Waals surface area contributed by atoms with E-state index in [1.165, 1.54) is 12.1 Å². The summed E-state index contributed by atoms with van der Waals surface area (Å²) in [6.07, 6.45) is 0. The third-order valence-corrected chi connectivity index (χ3v) is 8.48. The molecule has 2 aromatic carbocycles. The lowest BCUT2D eigenvalue weighted by atomic mass is 10.2. The smallest absolute Gasteiger partial charge is 0.187 e. The molecule has 0 saturated carbocycles. The summed E-state index contributed by atoms with van der Waals surface area (Å²) in [5.41, 5.74) is 0.464. The highest BCUT2D eigenvalue weighted by Gasteiger charge is 2.42. The zero-order valence-corrected chi connectivity index (χ0v) is 17.6. The van der Waals surface area contributed by atoms with Gasteiger partial charge in [-0.05, 0) is 43.9 Å². The van der Waals surface area contributed by atoms with E-state index in [0.29, 0.717) is 29.4 Å². The van der Waals surface area contributed by atoms with Gasteiger partial charge in [0.15, 0.2) is 9.84 Å². The molecule has 0 fully saturated rings. The van der Waals surface area contributed by atoms with E-state index in [1.807, 2.05) is 19.0 Å². The second-order valence-electron chi connectivity index (χ2n) is 6.53. The maximum atomic E-state index is 13.1. The van der Waals surface area contributed by atoms with Crippen LogP contribution in [0.3, 0.4) is 0 Å². The summed E-state index contributed by atoms with van der Waals surface area (Å²) in [4.78, 5) is 2.42. The zero-order valence-electron chi connectivity index (χ0n) is 15.1. The molecule has 6 nitrogen and oxygen atoms in total. The first kappa shape index (κ1) is 22.0. The van der Waals surface area contributed by atoms with Gasteiger partial charge in [0.05, 0.1) is 15.5 Å². The Hall–Kier alpha value is -1.29. The monoisotopic (exact) mass is 433 g/mol. The highest BCUT2D eigenvalue weighted by Crippen LogP contribution is 2.61. The van der Waals surface area contributed by atoms with Crippen LogP contribution < -0.4 is 4.74 Å². The molecule has 2 N–H and O–H groups in total. The Balaban J connectivity index is 0.00000261. The molecule has 0 saturated heterocycles. The van der Waals surface area contributed by atoms with Crippen molar-refractivity contribution < 1.29 is 22.3 Å². The minimum absolute atomic E-state index is 0. The molecule has 0 radical (unpaired) electrons. The van der Waals surface area contributed by atoms with Gasteiger partial charge < -0.3 is 9.64 Å². The van der Waals surface area contributed by atoms with Crippen molar-refractivity contribution in [3.05, 3.63) is 54.1 Å². The van der Waals surface area contributed by atoms with Crippen LogP contribution in [0.15, 0.2) is 58.3 Å². The number of rotatable bonds is 6. The summed E-state index contributed by atoms with van der Waals surface area (Å²) < 4.78 is 52.5. The van der Waals surface area contributed by atoms with E-state index in [9.17, 15) is 17.5 Å². The van der Waals surface area contributed by atoms with Crippen LogP contribution in [0.5, 0.6) is 5.75 Å². The molecule has 27 heavy (non-hydrogen) atoms. The van der Waals surface area contributed by atoms with Crippen LogP contribution in [-0.4, -0.2) is 55.4 Å². The molecule has 2 aromatic rings. The molecule has 1 aliphatic heterocycles. The van der Waals surface area contributed by atoms with Crippen molar-refractivity contribution in [2.24, 2.45) is 0 Å². The van der Waals surface area contributed by atoms with Gasteiger partial charge in [0.25, 0.3) is 0 Å². The molecular weight excluding hydrogens is 410 g/mol. The average molecular weight is 434 g/mol. The number of likely N-dealkylation sites (N-methyl/N-ethyl adjacent to an activating group) is 1. The van der Waals surface area contributed by atoms with Gasteiger partial charge in [-0.1, -0.05) is 24.3 Å². The Morgan fingerprint density at radius 2 is 1.85 bits per heavy atom. The summed E-state index contributed by atoms with van der Waals surface area (Å²) in [6.45, 7) is 1.16. The molecule has 1 atom stereocenters. The fraction of sp³-hybridized carbons (Fsp3) is 0.333. The van der Waals surface area contributed by atoms with E-state index in [-0.39, 0.29) is 23.1 Å². The second-order valence-corrected chi connectivity index (χ2v) is 10.8.